The topological polar surface area (TPSA) is 211 Å². The molecule has 0 radical (unpaired) electrons. The number of benzene rings is 1. The van der Waals surface area contributed by atoms with Crippen LogP contribution < -0.4 is 50.7 Å². The number of hydrogen-bond donors (Lipinski definition) is 4. The van der Waals surface area contributed by atoms with E-state index in [0.717, 1.165) is 49.8 Å². The third kappa shape index (κ3) is 9.88. The van der Waals surface area contributed by atoms with Crippen molar-refractivity contribution < 1.29 is 63.0 Å². The first-order valence-electron chi connectivity index (χ1n) is 18.2. The third-order valence-corrected chi connectivity index (χ3v) is 9.60. The van der Waals surface area contributed by atoms with Crippen molar-refractivity contribution in [2.45, 2.75) is 76.0 Å². The minimum Gasteiger partial charge on any atom is -0.493 e. The summed E-state index contributed by atoms with van der Waals surface area (Å²) in [4.78, 5) is 66.2. The van der Waals surface area contributed by atoms with Gasteiger partial charge in [0.25, 0.3) is 17.7 Å². The molecule has 1 saturated heterocycles. The van der Waals surface area contributed by atoms with Crippen molar-refractivity contribution in [3.63, 3.8) is 0 Å². The SMILES string of the molecule is O=C1CCC(N2C(=O)c3ccc(OC4CCC4)cc3C2=O)C(=O)N1.[CH-]=C1C=C(NC(=O)c2cnn3cccnc23)C(OCC2CC2)=CC1=N.[CH2-]CC(N)C[CH2-].[Na+]. The van der Waals surface area contributed by atoms with E-state index in [4.69, 9.17) is 27.2 Å². The number of allylic oxidation sites excluding steroid dienone is 3. The summed E-state index contributed by atoms with van der Waals surface area (Å²) in [7, 11) is 0. The maximum absolute atomic E-state index is 12.6. The van der Waals surface area contributed by atoms with E-state index < -0.39 is 23.8 Å². The molecule has 1 atom stereocenters. The van der Waals surface area contributed by atoms with Gasteiger partial charge in [0.2, 0.25) is 11.8 Å². The molecular weight excluding hydrogens is 727 g/mol. The van der Waals surface area contributed by atoms with Crippen LogP contribution in [0.5, 0.6) is 5.75 Å². The van der Waals surface area contributed by atoms with Crippen LogP contribution in [0.2, 0.25) is 0 Å². The van der Waals surface area contributed by atoms with E-state index in [-0.39, 0.29) is 88.8 Å². The molecule has 0 bridgehead atoms. The number of nitrogens with zero attached hydrogens (tertiary/aromatic N) is 4. The largest absolute Gasteiger partial charge is 1.00 e. The molecule has 2 saturated carbocycles. The molecule has 2 aliphatic heterocycles. The van der Waals surface area contributed by atoms with Crippen LogP contribution in [0.4, 0.5) is 0 Å². The van der Waals surface area contributed by atoms with Gasteiger partial charge in [0.15, 0.2) is 5.65 Å². The van der Waals surface area contributed by atoms with Gasteiger partial charge in [-0.3, -0.25) is 34.2 Å². The first-order chi connectivity index (χ1) is 26.5. The number of amides is 5. The summed E-state index contributed by atoms with van der Waals surface area (Å²) in [6, 6.07) is 5.82. The summed E-state index contributed by atoms with van der Waals surface area (Å²) in [5.41, 5.74) is 7.56. The average molecular weight is 771 g/mol. The predicted molar refractivity (Wildman–Crippen MR) is 200 cm³/mol. The van der Waals surface area contributed by atoms with Crippen LogP contribution in [-0.4, -0.2) is 79.5 Å². The van der Waals surface area contributed by atoms with Crippen molar-refractivity contribution >= 4 is 40.9 Å². The van der Waals surface area contributed by atoms with Gasteiger partial charge >= 0.3 is 29.6 Å². The maximum atomic E-state index is 12.6. The molecule has 3 aliphatic carbocycles. The van der Waals surface area contributed by atoms with Gasteiger partial charge in [0.1, 0.15) is 23.1 Å². The Morgan fingerprint density at radius 2 is 1.80 bits per heavy atom. The molecule has 1 aromatic carbocycles. The smallest absolute Gasteiger partial charge is 0.493 e. The third-order valence-electron chi connectivity index (χ3n) is 9.60. The van der Waals surface area contributed by atoms with Crippen LogP contribution in [0.25, 0.3) is 5.65 Å². The van der Waals surface area contributed by atoms with Crippen molar-refractivity contribution in [2.75, 3.05) is 6.61 Å². The summed E-state index contributed by atoms with van der Waals surface area (Å²) in [5, 5.41) is 16.9. The summed E-state index contributed by atoms with van der Waals surface area (Å²) in [5.74, 6) is -0.797. The van der Waals surface area contributed by atoms with Crippen LogP contribution in [0, 0.1) is 31.8 Å². The van der Waals surface area contributed by atoms with Crippen molar-refractivity contribution in [2.24, 2.45) is 11.7 Å². The Morgan fingerprint density at radius 3 is 2.45 bits per heavy atom. The molecular formula is C40H43N8NaO7-2. The molecule has 5 aliphatic rings. The molecule has 0 spiro atoms. The summed E-state index contributed by atoms with van der Waals surface area (Å²) in [6.45, 7) is 13.6. The molecule has 4 heterocycles. The number of carbonyl (C=O) groups excluding carboxylic acids is 5. The molecule has 56 heavy (non-hydrogen) atoms. The van der Waals surface area contributed by atoms with Gasteiger partial charge in [0.05, 0.1) is 30.0 Å². The van der Waals surface area contributed by atoms with E-state index in [0.29, 0.717) is 40.9 Å². The summed E-state index contributed by atoms with van der Waals surface area (Å²) < 4.78 is 13.1. The first-order valence-corrected chi connectivity index (χ1v) is 18.2. The molecule has 16 heteroatoms. The van der Waals surface area contributed by atoms with Gasteiger partial charge in [-0.2, -0.15) is 23.5 Å². The van der Waals surface area contributed by atoms with Gasteiger partial charge in [-0.1, -0.05) is 6.04 Å². The number of carbonyl (C=O) groups is 5. The minimum absolute atomic E-state index is 0. The Kier molecular flexibility index (Phi) is 14.2. The molecule has 8 rings (SSSR count). The monoisotopic (exact) mass is 770 g/mol. The van der Waals surface area contributed by atoms with Gasteiger partial charge < -0.3 is 39.8 Å². The van der Waals surface area contributed by atoms with Crippen LogP contribution >= 0.6 is 0 Å². The number of nitrogens with two attached hydrogens (primary N) is 1. The van der Waals surface area contributed by atoms with Crippen molar-refractivity contribution in [3.8, 4) is 5.75 Å². The zero-order chi connectivity index (χ0) is 39.2. The Morgan fingerprint density at radius 1 is 1.07 bits per heavy atom. The molecule has 1 unspecified atom stereocenters. The number of ether oxygens (including phenoxy) is 2. The van der Waals surface area contributed by atoms with E-state index in [1.54, 1.807) is 42.7 Å². The fraction of sp³-hybridized carbons (Fsp3) is 0.350. The van der Waals surface area contributed by atoms with Crippen LogP contribution in [-0.2, 0) is 14.3 Å². The van der Waals surface area contributed by atoms with Gasteiger partial charge in [-0.05, 0) is 80.5 Å². The molecule has 288 valence electrons. The summed E-state index contributed by atoms with van der Waals surface area (Å²) in [6.07, 6.45) is 15.3. The van der Waals surface area contributed by atoms with Crippen LogP contribution in [0.1, 0.15) is 88.9 Å². The molecule has 3 fully saturated rings. The second-order valence-corrected chi connectivity index (χ2v) is 13.8. The zero-order valence-corrected chi connectivity index (χ0v) is 33.3. The quantitative estimate of drug-likeness (QED) is 0.130. The van der Waals surface area contributed by atoms with Gasteiger partial charge in [-0.15, -0.1) is 6.08 Å². The van der Waals surface area contributed by atoms with Crippen LogP contribution in [0.3, 0.4) is 0 Å². The minimum atomic E-state index is -0.939. The number of aromatic nitrogens is 3. The Hall–Kier alpha value is -4.96. The number of nitrogens with one attached hydrogen (secondary N) is 3. The molecule has 15 nitrogen and oxygen atoms in total. The van der Waals surface area contributed by atoms with E-state index in [1.807, 2.05) is 0 Å². The number of hydrogen-bond acceptors (Lipinski definition) is 11. The number of imide groups is 2. The van der Waals surface area contributed by atoms with Crippen molar-refractivity contribution in [1.82, 2.24) is 30.1 Å². The second-order valence-electron chi connectivity index (χ2n) is 13.8. The molecule has 5 N–H and O–H groups in total. The normalized spacial score (nSPS) is 19.0. The number of piperidine rings is 1. The Labute approximate surface area is 346 Å². The molecule has 3 aromatic rings. The Bertz CT molecular complexity index is 2100. The predicted octanol–water partition coefficient (Wildman–Crippen LogP) is 0.831. The molecule has 2 aromatic heterocycles. The summed E-state index contributed by atoms with van der Waals surface area (Å²) >= 11 is 0. The average Bonchev–Trinajstić information content (AvgIpc) is 3.84. The number of fused-ring (bicyclic) bond motifs is 2. The van der Waals surface area contributed by atoms with Crippen LogP contribution in [0.15, 0.2) is 72.0 Å². The Balaban J connectivity index is 0.000000185. The van der Waals surface area contributed by atoms with E-state index in [9.17, 15) is 24.0 Å². The number of rotatable bonds is 10. The fourth-order valence-corrected chi connectivity index (χ4v) is 5.83. The second kappa shape index (κ2) is 18.8. The van der Waals surface area contributed by atoms with Gasteiger partial charge in [0, 0.05) is 24.5 Å². The maximum Gasteiger partial charge on any atom is 1.00 e. The molecule has 5 amide bonds. The fourth-order valence-electron chi connectivity index (χ4n) is 5.83. The van der Waals surface area contributed by atoms with Crippen molar-refractivity contribution in [1.29, 1.82) is 5.41 Å². The van der Waals surface area contributed by atoms with Crippen molar-refractivity contribution in [3.05, 3.63) is 109 Å². The van der Waals surface area contributed by atoms with Gasteiger partial charge in [-0.25, -0.2) is 16.1 Å². The zero-order valence-electron chi connectivity index (χ0n) is 31.3. The van der Waals surface area contributed by atoms with E-state index in [1.165, 1.54) is 16.8 Å². The first kappa shape index (κ1) is 42.2. The van der Waals surface area contributed by atoms with E-state index in [2.05, 4.69) is 34.6 Å². The standard InChI is InChI=1S/C18H16N5O2.C17H16N2O5.C5H11N.Na/c1-11-7-15(16(8-14(11)19)25-10-12-3-4-12)22-18(24)13-9-21-23-6-2-5-20-17(13)23;20-14-7-6-13(15(21)18-14)19-16(22)11-5-4-10(8-12(11)17(19)23)24-9-2-1-3-9;1-3-5(6)4-2;/h1-2,5-9,12,19H,3-4,10H2,(H,22,24);4-5,8-9,13H,1-3,6-7H2,(H,18,20,21);5H,1-4,6H2;/q-1;;-2;+1. The van der Waals surface area contributed by atoms with E-state index >= 15 is 0 Å².